The second-order valence-electron chi connectivity index (χ2n) is 4.19. The predicted octanol–water partition coefficient (Wildman–Crippen LogP) is 0.922. The number of hydrogen-bond donors (Lipinski definition) is 2. The molecule has 0 saturated carbocycles. The van der Waals surface area contributed by atoms with Gasteiger partial charge in [0.25, 0.3) is 0 Å². The highest BCUT2D eigenvalue weighted by atomic mass is 32.2. The number of ether oxygens (including phenoxy) is 1. The fraction of sp³-hybridized carbons (Fsp3) is 0.333. The van der Waals surface area contributed by atoms with Gasteiger partial charge in [-0.1, -0.05) is 11.8 Å². The van der Waals surface area contributed by atoms with Crippen molar-refractivity contribution in [1.82, 2.24) is 20.2 Å². The third-order valence-corrected chi connectivity index (χ3v) is 3.65. The molecule has 112 valence electrons. The molecule has 0 bridgehead atoms. The maximum Gasteiger partial charge on any atom is 0.225 e. The molecule has 1 heterocycles. The number of carbonyl (C=O) groups excluding carboxylic acids is 1. The second kappa shape index (κ2) is 6.93. The maximum absolute atomic E-state index is 11.9. The van der Waals surface area contributed by atoms with E-state index in [1.54, 1.807) is 29.9 Å². The fourth-order valence-electron chi connectivity index (χ4n) is 1.60. The monoisotopic (exact) mass is 308 g/mol. The fourth-order valence-corrected chi connectivity index (χ4v) is 2.39. The first kappa shape index (κ1) is 15.1. The number of nitrogens with two attached hydrogens (primary N) is 1. The van der Waals surface area contributed by atoms with Crippen LogP contribution >= 0.6 is 11.8 Å². The van der Waals surface area contributed by atoms with Gasteiger partial charge < -0.3 is 15.8 Å². The lowest BCUT2D eigenvalue weighted by Gasteiger charge is -2.10. The van der Waals surface area contributed by atoms with Gasteiger partial charge in [-0.2, -0.15) is 0 Å². The summed E-state index contributed by atoms with van der Waals surface area (Å²) in [4.78, 5) is 11.9. The number of aromatic nitrogens is 4. The molecule has 8 nitrogen and oxygen atoms in total. The van der Waals surface area contributed by atoms with Gasteiger partial charge in [-0.25, -0.2) is 4.68 Å². The van der Waals surface area contributed by atoms with Crippen LogP contribution in [0, 0.1) is 0 Å². The molecular formula is C12H16N6O2S. The topological polar surface area (TPSA) is 108 Å². The number of aryl methyl sites for hydroxylation is 1. The molecule has 0 aliphatic heterocycles. The van der Waals surface area contributed by atoms with Crippen LogP contribution in [0.1, 0.15) is 6.42 Å². The van der Waals surface area contributed by atoms with Gasteiger partial charge in [-0.3, -0.25) is 4.79 Å². The van der Waals surface area contributed by atoms with E-state index < -0.39 is 0 Å². The quantitative estimate of drug-likeness (QED) is 0.603. The lowest BCUT2D eigenvalue weighted by Crippen LogP contribution is -2.13. The van der Waals surface area contributed by atoms with Crippen molar-refractivity contribution >= 4 is 29.0 Å². The van der Waals surface area contributed by atoms with Gasteiger partial charge in [0.1, 0.15) is 5.75 Å². The number of carbonyl (C=O) groups is 1. The largest absolute Gasteiger partial charge is 0.494 e. The number of amides is 1. The lowest BCUT2D eigenvalue weighted by atomic mass is 10.2. The highest BCUT2D eigenvalue weighted by molar-refractivity contribution is 7.99. The smallest absolute Gasteiger partial charge is 0.225 e. The van der Waals surface area contributed by atoms with E-state index in [2.05, 4.69) is 20.8 Å². The number of hydrogen-bond acceptors (Lipinski definition) is 7. The third-order valence-electron chi connectivity index (χ3n) is 2.64. The number of nitrogens with one attached hydrogen (secondary N) is 1. The Morgan fingerprint density at radius 1 is 1.52 bits per heavy atom. The predicted molar refractivity (Wildman–Crippen MR) is 80.2 cm³/mol. The van der Waals surface area contributed by atoms with Crippen molar-refractivity contribution in [2.75, 3.05) is 23.9 Å². The summed E-state index contributed by atoms with van der Waals surface area (Å²) in [5.41, 5.74) is 6.84. The summed E-state index contributed by atoms with van der Waals surface area (Å²) >= 11 is 1.42. The SMILES string of the molecule is COc1cc(N)ccc1NC(=O)CCSc1nnnn1C. The molecule has 0 aliphatic rings. The van der Waals surface area contributed by atoms with Crippen LogP contribution in [0.4, 0.5) is 11.4 Å². The van der Waals surface area contributed by atoms with Crippen LogP contribution in [0.25, 0.3) is 0 Å². The summed E-state index contributed by atoms with van der Waals surface area (Å²) in [7, 11) is 3.28. The minimum absolute atomic E-state index is 0.110. The van der Waals surface area contributed by atoms with Crippen molar-refractivity contribution in [3.8, 4) is 5.75 Å². The van der Waals surface area contributed by atoms with Crippen molar-refractivity contribution in [1.29, 1.82) is 0 Å². The number of nitrogen functional groups attached to an aromatic ring is 1. The Morgan fingerprint density at radius 3 is 3.00 bits per heavy atom. The molecule has 0 radical (unpaired) electrons. The molecule has 9 heteroatoms. The molecule has 0 spiro atoms. The number of anilines is 2. The molecule has 1 aromatic carbocycles. The van der Waals surface area contributed by atoms with E-state index in [1.165, 1.54) is 18.9 Å². The second-order valence-corrected chi connectivity index (χ2v) is 5.25. The van der Waals surface area contributed by atoms with Crippen LogP contribution < -0.4 is 15.8 Å². The van der Waals surface area contributed by atoms with Crippen LogP contribution in [0.15, 0.2) is 23.4 Å². The summed E-state index contributed by atoms with van der Waals surface area (Å²) in [5.74, 6) is 1.01. The number of nitrogens with zero attached hydrogens (tertiary/aromatic N) is 4. The first-order valence-electron chi connectivity index (χ1n) is 6.18. The zero-order chi connectivity index (χ0) is 15.2. The van der Waals surface area contributed by atoms with Gasteiger partial charge in [0.15, 0.2) is 0 Å². The van der Waals surface area contributed by atoms with E-state index in [-0.39, 0.29) is 5.91 Å². The third kappa shape index (κ3) is 4.09. The van der Waals surface area contributed by atoms with Gasteiger partial charge >= 0.3 is 0 Å². The molecule has 1 aromatic heterocycles. The van der Waals surface area contributed by atoms with E-state index >= 15 is 0 Å². The molecule has 2 rings (SSSR count). The molecule has 0 fully saturated rings. The van der Waals surface area contributed by atoms with Crippen molar-refractivity contribution in [2.45, 2.75) is 11.6 Å². The molecule has 2 aromatic rings. The Hall–Kier alpha value is -2.29. The summed E-state index contributed by atoms with van der Waals surface area (Å²) in [6, 6.07) is 5.08. The summed E-state index contributed by atoms with van der Waals surface area (Å²) < 4.78 is 6.74. The molecule has 3 N–H and O–H groups in total. The Bertz CT molecular complexity index is 630. The zero-order valence-electron chi connectivity index (χ0n) is 11.7. The summed E-state index contributed by atoms with van der Waals surface area (Å²) in [6.07, 6.45) is 0.338. The number of benzene rings is 1. The Kier molecular flexibility index (Phi) is 4.99. The first-order valence-corrected chi connectivity index (χ1v) is 7.17. The van der Waals surface area contributed by atoms with Gasteiger partial charge in [0.05, 0.1) is 12.8 Å². The van der Waals surface area contributed by atoms with Gasteiger partial charge in [-0.15, -0.1) is 5.10 Å². The number of methoxy groups -OCH3 is 1. The highest BCUT2D eigenvalue weighted by Gasteiger charge is 2.09. The molecule has 0 atom stereocenters. The van der Waals surface area contributed by atoms with E-state index in [0.717, 1.165) is 0 Å². The average Bonchev–Trinajstić information content (AvgIpc) is 2.86. The van der Waals surface area contributed by atoms with Crippen LogP contribution in [0.5, 0.6) is 5.75 Å². The van der Waals surface area contributed by atoms with Gasteiger partial charge in [-0.05, 0) is 22.6 Å². The van der Waals surface area contributed by atoms with Crippen LogP contribution in [0.3, 0.4) is 0 Å². The number of thioether (sulfide) groups is 1. The van der Waals surface area contributed by atoms with Crippen molar-refractivity contribution in [2.24, 2.45) is 7.05 Å². The highest BCUT2D eigenvalue weighted by Crippen LogP contribution is 2.26. The van der Waals surface area contributed by atoms with Gasteiger partial charge in [0, 0.05) is 31.0 Å². The number of tetrazole rings is 1. The molecule has 0 unspecified atom stereocenters. The van der Waals surface area contributed by atoms with Crippen LogP contribution in [-0.2, 0) is 11.8 Å². The lowest BCUT2D eigenvalue weighted by molar-refractivity contribution is -0.115. The van der Waals surface area contributed by atoms with E-state index in [9.17, 15) is 4.79 Å². The van der Waals surface area contributed by atoms with Crippen molar-refractivity contribution < 1.29 is 9.53 Å². The maximum atomic E-state index is 11.9. The summed E-state index contributed by atoms with van der Waals surface area (Å²) in [6.45, 7) is 0. The van der Waals surface area contributed by atoms with E-state index in [4.69, 9.17) is 10.5 Å². The number of rotatable bonds is 6. The van der Waals surface area contributed by atoms with Gasteiger partial charge in [0.2, 0.25) is 11.1 Å². The van der Waals surface area contributed by atoms with Crippen LogP contribution in [-0.4, -0.2) is 39.0 Å². The zero-order valence-corrected chi connectivity index (χ0v) is 12.6. The van der Waals surface area contributed by atoms with Crippen molar-refractivity contribution in [3.63, 3.8) is 0 Å². The first-order chi connectivity index (χ1) is 10.1. The van der Waals surface area contributed by atoms with Crippen molar-refractivity contribution in [3.05, 3.63) is 18.2 Å². The average molecular weight is 308 g/mol. The minimum Gasteiger partial charge on any atom is -0.494 e. The van der Waals surface area contributed by atoms with E-state index in [0.29, 0.717) is 34.5 Å². The molecule has 0 saturated heterocycles. The Morgan fingerprint density at radius 2 is 2.33 bits per heavy atom. The Labute approximate surface area is 126 Å². The molecule has 21 heavy (non-hydrogen) atoms. The standard InChI is InChI=1S/C12H16N6O2S/c1-18-12(15-16-17-18)21-6-5-11(19)14-9-4-3-8(13)7-10(9)20-2/h3-4,7H,5-6,13H2,1-2H3,(H,14,19). The molecular weight excluding hydrogens is 292 g/mol. The van der Waals surface area contributed by atoms with E-state index in [1.807, 2.05) is 0 Å². The molecule has 1 amide bonds. The minimum atomic E-state index is -0.110. The Balaban J connectivity index is 1.86. The summed E-state index contributed by atoms with van der Waals surface area (Å²) in [5, 5.41) is 14.5. The molecule has 0 aliphatic carbocycles. The normalized spacial score (nSPS) is 10.4. The van der Waals surface area contributed by atoms with Crippen LogP contribution in [0.2, 0.25) is 0 Å².